The summed E-state index contributed by atoms with van der Waals surface area (Å²) in [7, 11) is 2.20. The summed E-state index contributed by atoms with van der Waals surface area (Å²) < 4.78 is 0. The van der Waals surface area contributed by atoms with Crippen molar-refractivity contribution in [1.29, 1.82) is 0 Å². The fourth-order valence-electron chi connectivity index (χ4n) is 3.18. The average Bonchev–Trinajstić information content (AvgIpc) is 2.56. The van der Waals surface area contributed by atoms with Crippen LogP contribution in [0.5, 0.6) is 0 Å². The van der Waals surface area contributed by atoms with Crippen molar-refractivity contribution in [2.75, 3.05) is 13.6 Å². The molecular formula is C21H25N. The van der Waals surface area contributed by atoms with Crippen LogP contribution >= 0.6 is 0 Å². The van der Waals surface area contributed by atoms with E-state index in [1.54, 1.807) is 0 Å². The summed E-state index contributed by atoms with van der Waals surface area (Å²) >= 11 is 0. The first-order valence-electron chi connectivity index (χ1n) is 8.34. The van der Waals surface area contributed by atoms with Crippen LogP contribution in [0.1, 0.15) is 31.2 Å². The first-order chi connectivity index (χ1) is 10.8. The van der Waals surface area contributed by atoms with E-state index in [1.807, 2.05) is 0 Å². The highest BCUT2D eigenvalue weighted by atomic mass is 15.1. The Morgan fingerprint density at radius 2 is 1.91 bits per heavy atom. The van der Waals surface area contributed by atoms with Gasteiger partial charge in [0.25, 0.3) is 0 Å². The number of hydrogen-bond acceptors (Lipinski definition) is 1. The van der Waals surface area contributed by atoms with Gasteiger partial charge in [0.05, 0.1) is 0 Å². The summed E-state index contributed by atoms with van der Waals surface area (Å²) in [6, 6.07) is 15.2. The summed E-state index contributed by atoms with van der Waals surface area (Å²) in [5, 5.41) is 2.70. The van der Waals surface area contributed by atoms with Gasteiger partial charge >= 0.3 is 0 Å². The third kappa shape index (κ3) is 3.86. The summed E-state index contributed by atoms with van der Waals surface area (Å²) in [5.41, 5.74) is 2.93. The molecule has 0 heterocycles. The van der Waals surface area contributed by atoms with Crippen molar-refractivity contribution in [3.63, 3.8) is 0 Å². The van der Waals surface area contributed by atoms with E-state index in [-0.39, 0.29) is 0 Å². The zero-order valence-corrected chi connectivity index (χ0v) is 13.5. The largest absolute Gasteiger partial charge is 0.298 e. The Morgan fingerprint density at radius 1 is 1.05 bits per heavy atom. The van der Waals surface area contributed by atoms with Crippen molar-refractivity contribution >= 4 is 10.8 Å². The Bertz CT molecular complexity index is 676. The van der Waals surface area contributed by atoms with Crippen LogP contribution < -0.4 is 0 Å². The highest BCUT2D eigenvalue weighted by Crippen LogP contribution is 2.20. The van der Waals surface area contributed by atoms with Crippen LogP contribution in [0, 0.1) is 0 Å². The molecule has 0 bridgehead atoms. The molecule has 2 aromatic carbocycles. The van der Waals surface area contributed by atoms with E-state index >= 15 is 0 Å². The van der Waals surface area contributed by atoms with Crippen LogP contribution in [0.25, 0.3) is 10.8 Å². The molecule has 0 aromatic heterocycles. The van der Waals surface area contributed by atoms with Gasteiger partial charge in [0.15, 0.2) is 0 Å². The average molecular weight is 291 g/mol. The molecule has 0 saturated carbocycles. The number of benzene rings is 2. The zero-order chi connectivity index (χ0) is 15.2. The normalized spacial score (nSPS) is 15.6. The molecule has 22 heavy (non-hydrogen) atoms. The predicted octanol–water partition coefficient (Wildman–Crippen LogP) is 5.33. The minimum Gasteiger partial charge on any atom is -0.298 e. The Kier molecular flexibility index (Phi) is 5.07. The highest BCUT2D eigenvalue weighted by molar-refractivity contribution is 5.85. The molecule has 0 saturated heterocycles. The number of nitrogens with zero attached hydrogens (tertiary/aromatic N) is 1. The van der Waals surface area contributed by atoms with Gasteiger partial charge in [-0.2, -0.15) is 0 Å². The van der Waals surface area contributed by atoms with E-state index in [4.69, 9.17) is 0 Å². The van der Waals surface area contributed by atoms with Gasteiger partial charge in [-0.1, -0.05) is 66.3 Å². The van der Waals surface area contributed by atoms with Gasteiger partial charge in [-0.3, -0.25) is 4.90 Å². The molecule has 1 nitrogen and oxygen atoms in total. The lowest BCUT2D eigenvalue weighted by Gasteiger charge is -2.16. The molecular weight excluding hydrogens is 266 g/mol. The second kappa shape index (κ2) is 7.42. The lowest BCUT2D eigenvalue weighted by Crippen LogP contribution is -2.17. The van der Waals surface area contributed by atoms with Gasteiger partial charge in [0.2, 0.25) is 0 Å². The van der Waals surface area contributed by atoms with Crippen LogP contribution in [0.3, 0.4) is 0 Å². The molecule has 0 atom stereocenters. The zero-order valence-electron chi connectivity index (χ0n) is 13.5. The molecule has 0 radical (unpaired) electrons. The number of allylic oxidation sites excluding steroid dienone is 3. The van der Waals surface area contributed by atoms with Crippen molar-refractivity contribution in [2.24, 2.45) is 0 Å². The lowest BCUT2D eigenvalue weighted by molar-refractivity contribution is 0.364. The molecule has 0 N–H and O–H groups in total. The molecule has 114 valence electrons. The van der Waals surface area contributed by atoms with E-state index in [2.05, 4.69) is 72.6 Å². The van der Waals surface area contributed by atoms with Gasteiger partial charge in [-0.25, -0.2) is 0 Å². The van der Waals surface area contributed by atoms with Gasteiger partial charge in [0, 0.05) is 13.1 Å². The number of fused-ring (bicyclic) bond motifs is 1. The summed E-state index contributed by atoms with van der Waals surface area (Å²) in [6.07, 6.45) is 12.2. The third-order valence-electron chi connectivity index (χ3n) is 4.40. The topological polar surface area (TPSA) is 3.24 Å². The predicted molar refractivity (Wildman–Crippen MR) is 96.0 cm³/mol. The summed E-state index contributed by atoms with van der Waals surface area (Å²) in [4.78, 5) is 2.38. The van der Waals surface area contributed by atoms with E-state index < -0.39 is 0 Å². The quantitative estimate of drug-likeness (QED) is 0.720. The Hall–Kier alpha value is -1.86. The monoisotopic (exact) mass is 291 g/mol. The van der Waals surface area contributed by atoms with E-state index in [1.165, 1.54) is 47.6 Å². The Balaban J connectivity index is 1.62. The molecule has 3 rings (SSSR count). The molecule has 1 heteroatoms. The van der Waals surface area contributed by atoms with Gasteiger partial charge in [0.1, 0.15) is 0 Å². The SMILES string of the molecule is CN(C/C=C/C1=CCCCC1)Cc1cccc2ccccc12. The number of likely N-dealkylation sites (N-methyl/N-ethyl adjacent to an activating group) is 1. The molecule has 2 aromatic rings. The van der Waals surface area contributed by atoms with E-state index in [0.29, 0.717) is 0 Å². The van der Waals surface area contributed by atoms with Crippen molar-refractivity contribution < 1.29 is 0 Å². The minimum atomic E-state index is 0.991. The highest BCUT2D eigenvalue weighted by Gasteiger charge is 2.04. The molecule has 0 amide bonds. The van der Waals surface area contributed by atoms with Crippen LogP contribution in [-0.2, 0) is 6.54 Å². The lowest BCUT2D eigenvalue weighted by atomic mass is 9.99. The molecule has 1 aliphatic rings. The molecule has 1 aliphatic carbocycles. The maximum atomic E-state index is 2.39. The van der Waals surface area contributed by atoms with Crippen molar-refractivity contribution in [1.82, 2.24) is 4.90 Å². The van der Waals surface area contributed by atoms with Crippen LogP contribution in [0.2, 0.25) is 0 Å². The van der Waals surface area contributed by atoms with Gasteiger partial charge < -0.3 is 0 Å². The van der Waals surface area contributed by atoms with Crippen LogP contribution in [0.15, 0.2) is 66.3 Å². The first-order valence-corrected chi connectivity index (χ1v) is 8.34. The van der Waals surface area contributed by atoms with Crippen LogP contribution in [-0.4, -0.2) is 18.5 Å². The molecule has 0 unspecified atom stereocenters. The van der Waals surface area contributed by atoms with Crippen molar-refractivity contribution in [3.05, 3.63) is 71.8 Å². The Morgan fingerprint density at radius 3 is 2.77 bits per heavy atom. The smallest absolute Gasteiger partial charge is 0.0240 e. The maximum Gasteiger partial charge on any atom is 0.0240 e. The van der Waals surface area contributed by atoms with Gasteiger partial charge in [-0.05, 0) is 49.1 Å². The fraction of sp³-hybridized carbons (Fsp3) is 0.333. The summed E-state index contributed by atoms with van der Waals surface area (Å²) in [5.74, 6) is 0. The Labute approximate surface area is 134 Å². The second-order valence-corrected chi connectivity index (χ2v) is 6.26. The second-order valence-electron chi connectivity index (χ2n) is 6.26. The number of hydrogen-bond donors (Lipinski definition) is 0. The number of rotatable bonds is 5. The summed E-state index contributed by atoms with van der Waals surface area (Å²) in [6.45, 7) is 1.99. The fourth-order valence-corrected chi connectivity index (χ4v) is 3.18. The first kappa shape index (κ1) is 15.1. The molecule has 0 fully saturated rings. The van der Waals surface area contributed by atoms with Gasteiger partial charge in [-0.15, -0.1) is 0 Å². The standard InChI is InChI=1S/C21H25N/c1-22(16-8-11-18-9-3-2-4-10-18)17-20-14-7-13-19-12-5-6-15-21(19)20/h5-9,11-15H,2-4,10,16-17H2,1H3/b11-8+. The van der Waals surface area contributed by atoms with Crippen molar-refractivity contribution in [2.45, 2.75) is 32.2 Å². The molecule has 0 spiro atoms. The van der Waals surface area contributed by atoms with E-state index in [0.717, 1.165) is 13.1 Å². The van der Waals surface area contributed by atoms with Crippen LogP contribution in [0.4, 0.5) is 0 Å². The molecule has 0 aliphatic heterocycles. The third-order valence-corrected chi connectivity index (χ3v) is 4.40. The minimum absolute atomic E-state index is 0.991. The van der Waals surface area contributed by atoms with E-state index in [9.17, 15) is 0 Å². The maximum absolute atomic E-state index is 2.39. The van der Waals surface area contributed by atoms with Crippen molar-refractivity contribution in [3.8, 4) is 0 Å².